The van der Waals surface area contributed by atoms with Crippen LogP contribution < -0.4 is 11.5 Å². The minimum Gasteiger partial charge on any atom is -0.447 e. The predicted molar refractivity (Wildman–Crippen MR) is 38.3 cm³/mol. The van der Waals surface area contributed by atoms with E-state index in [0.717, 1.165) is 6.08 Å². The lowest BCUT2D eigenvalue weighted by atomic mass is 10.3. The van der Waals surface area contributed by atoms with Crippen LogP contribution in [-0.4, -0.2) is 24.5 Å². The molecule has 5 heteroatoms. The van der Waals surface area contributed by atoms with Crippen LogP contribution in [0, 0.1) is 0 Å². The second-order valence-electron chi connectivity index (χ2n) is 1.75. The Bertz CT molecular complexity index is 179. The zero-order valence-corrected chi connectivity index (χ0v) is 5.95. The lowest BCUT2D eigenvalue weighted by Gasteiger charge is -2.08. The van der Waals surface area contributed by atoms with Gasteiger partial charge in [0.2, 0.25) is 0 Å². The van der Waals surface area contributed by atoms with Crippen LogP contribution >= 0.6 is 0 Å². The Labute approximate surface area is 64.0 Å². The molecule has 0 radical (unpaired) electrons. The molecule has 0 bridgehead atoms. The van der Waals surface area contributed by atoms with Crippen LogP contribution in [0.5, 0.6) is 0 Å². The normalized spacial score (nSPS) is 11.7. The van der Waals surface area contributed by atoms with Gasteiger partial charge in [-0.25, -0.2) is 0 Å². The van der Waals surface area contributed by atoms with Crippen molar-refractivity contribution in [2.45, 2.75) is 6.10 Å². The zero-order valence-electron chi connectivity index (χ0n) is 5.95. The number of carbonyl (C=O) groups excluding carboxylic acids is 2. The first kappa shape index (κ1) is 9.64. The zero-order chi connectivity index (χ0) is 8.85. The van der Waals surface area contributed by atoms with E-state index in [9.17, 15) is 9.59 Å². The molecule has 0 spiro atoms. The van der Waals surface area contributed by atoms with E-state index >= 15 is 0 Å². The second-order valence-corrected chi connectivity index (χ2v) is 1.75. The van der Waals surface area contributed by atoms with E-state index < -0.39 is 18.0 Å². The second kappa shape index (κ2) is 4.45. The predicted octanol–water partition coefficient (Wildman–Crippen LogP) is -1.47. The minimum absolute atomic E-state index is 0.280. The standard InChI is InChI=1S/C6H10N2O3/c1-2-4(6(8)10)11-5(9)3-7/h2,4H,1,3,7H2,(H2,8,10). The van der Waals surface area contributed by atoms with Gasteiger partial charge in [-0.2, -0.15) is 0 Å². The molecular formula is C6H10N2O3. The topological polar surface area (TPSA) is 95.4 Å². The molecule has 0 rings (SSSR count). The maximum absolute atomic E-state index is 10.5. The van der Waals surface area contributed by atoms with Crippen molar-refractivity contribution in [3.63, 3.8) is 0 Å². The molecule has 1 amide bonds. The fourth-order valence-corrected chi connectivity index (χ4v) is 0.412. The van der Waals surface area contributed by atoms with Gasteiger partial charge in [-0.15, -0.1) is 0 Å². The van der Waals surface area contributed by atoms with Gasteiger partial charge in [0.1, 0.15) is 0 Å². The van der Waals surface area contributed by atoms with Crippen LogP contribution in [0.2, 0.25) is 0 Å². The third-order valence-electron chi connectivity index (χ3n) is 0.920. The van der Waals surface area contributed by atoms with Gasteiger partial charge in [0, 0.05) is 0 Å². The average molecular weight is 158 g/mol. The molecule has 0 aliphatic heterocycles. The fourth-order valence-electron chi connectivity index (χ4n) is 0.412. The third kappa shape index (κ3) is 3.36. The van der Waals surface area contributed by atoms with Gasteiger partial charge in [-0.1, -0.05) is 6.58 Å². The first-order valence-electron chi connectivity index (χ1n) is 2.93. The van der Waals surface area contributed by atoms with Crippen LogP contribution in [-0.2, 0) is 14.3 Å². The molecule has 0 aromatic carbocycles. The van der Waals surface area contributed by atoms with Crippen LogP contribution in [0.3, 0.4) is 0 Å². The molecular weight excluding hydrogens is 148 g/mol. The van der Waals surface area contributed by atoms with Crippen molar-refractivity contribution >= 4 is 11.9 Å². The van der Waals surface area contributed by atoms with Gasteiger partial charge in [0.05, 0.1) is 6.54 Å². The van der Waals surface area contributed by atoms with Gasteiger partial charge in [-0.05, 0) is 6.08 Å². The number of nitrogens with two attached hydrogens (primary N) is 2. The summed E-state index contributed by atoms with van der Waals surface area (Å²) in [6.45, 7) is 2.97. The molecule has 1 unspecified atom stereocenters. The highest BCUT2D eigenvalue weighted by Gasteiger charge is 2.14. The van der Waals surface area contributed by atoms with Crippen LogP contribution in [0.25, 0.3) is 0 Å². The number of amides is 1. The summed E-state index contributed by atoms with van der Waals surface area (Å²) in [6, 6.07) is 0. The van der Waals surface area contributed by atoms with Crippen molar-refractivity contribution in [2.24, 2.45) is 11.5 Å². The molecule has 0 heterocycles. The molecule has 11 heavy (non-hydrogen) atoms. The smallest absolute Gasteiger partial charge is 0.320 e. The Hall–Kier alpha value is -1.36. The highest BCUT2D eigenvalue weighted by molar-refractivity contribution is 5.84. The van der Waals surface area contributed by atoms with E-state index in [-0.39, 0.29) is 6.54 Å². The quantitative estimate of drug-likeness (QED) is 0.385. The van der Waals surface area contributed by atoms with Gasteiger partial charge >= 0.3 is 5.97 Å². The summed E-state index contributed by atoms with van der Waals surface area (Å²) in [6.07, 6.45) is 0.0571. The molecule has 1 atom stereocenters. The maximum Gasteiger partial charge on any atom is 0.320 e. The largest absolute Gasteiger partial charge is 0.447 e. The van der Waals surface area contributed by atoms with E-state index in [0.29, 0.717) is 0 Å². The monoisotopic (exact) mass is 158 g/mol. The molecule has 4 N–H and O–H groups in total. The molecule has 0 aliphatic carbocycles. The summed E-state index contributed by atoms with van der Waals surface area (Å²) in [4.78, 5) is 20.9. The Balaban J connectivity index is 3.98. The maximum atomic E-state index is 10.5. The van der Waals surface area contributed by atoms with E-state index in [1.807, 2.05) is 0 Å². The molecule has 0 aromatic rings. The Morgan fingerprint density at radius 2 is 2.18 bits per heavy atom. The van der Waals surface area contributed by atoms with Crippen molar-refractivity contribution < 1.29 is 14.3 Å². The summed E-state index contributed by atoms with van der Waals surface area (Å²) in [5.74, 6) is -1.45. The first-order valence-corrected chi connectivity index (χ1v) is 2.93. The lowest BCUT2D eigenvalue weighted by molar-refractivity contribution is -0.150. The lowest BCUT2D eigenvalue weighted by Crippen LogP contribution is -2.33. The summed E-state index contributed by atoms with van der Waals surface area (Å²) >= 11 is 0. The molecule has 0 saturated carbocycles. The average Bonchev–Trinajstić information content (AvgIpc) is 1.99. The SMILES string of the molecule is C=CC(OC(=O)CN)C(N)=O. The molecule has 0 aromatic heterocycles. The number of carbonyl (C=O) groups is 2. The molecule has 0 saturated heterocycles. The number of hydrogen-bond acceptors (Lipinski definition) is 4. The Kier molecular flexibility index (Phi) is 3.90. The third-order valence-corrected chi connectivity index (χ3v) is 0.920. The van der Waals surface area contributed by atoms with Crippen LogP contribution in [0.15, 0.2) is 12.7 Å². The van der Waals surface area contributed by atoms with E-state index in [2.05, 4.69) is 11.3 Å². The number of ether oxygens (including phenoxy) is 1. The van der Waals surface area contributed by atoms with Crippen molar-refractivity contribution in [2.75, 3.05) is 6.54 Å². The first-order chi connectivity index (χ1) is 5.11. The highest BCUT2D eigenvalue weighted by atomic mass is 16.5. The molecule has 62 valence electrons. The molecule has 0 aliphatic rings. The van der Waals surface area contributed by atoms with E-state index in [1.54, 1.807) is 0 Å². The number of esters is 1. The molecule has 5 nitrogen and oxygen atoms in total. The van der Waals surface area contributed by atoms with Crippen LogP contribution in [0.1, 0.15) is 0 Å². The van der Waals surface area contributed by atoms with E-state index in [1.165, 1.54) is 0 Å². The number of rotatable bonds is 4. The fraction of sp³-hybridized carbons (Fsp3) is 0.333. The van der Waals surface area contributed by atoms with Gasteiger partial charge in [0.15, 0.2) is 6.10 Å². The Morgan fingerprint density at radius 3 is 2.45 bits per heavy atom. The van der Waals surface area contributed by atoms with Gasteiger partial charge in [0.25, 0.3) is 5.91 Å². The molecule has 0 fully saturated rings. The van der Waals surface area contributed by atoms with Crippen molar-refractivity contribution in [3.8, 4) is 0 Å². The summed E-state index contributed by atoms with van der Waals surface area (Å²) in [5, 5.41) is 0. The minimum atomic E-state index is -1.08. The Morgan fingerprint density at radius 1 is 1.64 bits per heavy atom. The van der Waals surface area contributed by atoms with Crippen molar-refractivity contribution in [3.05, 3.63) is 12.7 Å². The summed E-state index contributed by atoms with van der Waals surface area (Å²) in [5.41, 5.74) is 9.74. The van der Waals surface area contributed by atoms with Gasteiger partial charge in [-0.3, -0.25) is 9.59 Å². The number of primary amides is 1. The highest BCUT2D eigenvalue weighted by Crippen LogP contribution is 1.91. The summed E-state index contributed by atoms with van der Waals surface area (Å²) < 4.78 is 4.45. The van der Waals surface area contributed by atoms with Crippen molar-refractivity contribution in [1.29, 1.82) is 0 Å². The van der Waals surface area contributed by atoms with E-state index in [4.69, 9.17) is 11.5 Å². The van der Waals surface area contributed by atoms with Crippen LogP contribution in [0.4, 0.5) is 0 Å². The summed E-state index contributed by atoms with van der Waals surface area (Å²) in [7, 11) is 0. The van der Waals surface area contributed by atoms with Gasteiger partial charge < -0.3 is 16.2 Å². The van der Waals surface area contributed by atoms with Crippen molar-refractivity contribution in [1.82, 2.24) is 0 Å². The number of hydrogen-bond donors (Lipinski definition) is 2.